The van der Waals surface area contributed by atoms with Crippen LogP contribution in [0.1, 0.15) is 41.9 Å². The average molecular weight is 278 g/mol. The van der Waals surface area contributed by atoms with Gasteiger partial charge in [0.25, 0.3) is 0 Å². The van der Waals surface area contributed by atoms with Crippen molar-refractivity contribution < 1.29 is 0 Å². The van der Waals surface area contributed by atoms with E-state index < -0.39 is 0 Å². The van der Waals surface area contributed by atoms with Gasteiger partial charge in [0, 0.05) is 28.8 Å². The first kappa shape index (κ1) is 14.2. The minimum atomic E-state index is 0.337. The lowest BCUT2D eigenvalue weighted by atomic mass is 10.1. The molecule has 0 spiro atoms. The van der Waals surface area contributed by atoms with Crippen LogP contribution in [0.15, 0.2) is 18.5 Å². The Morgan fingerprint density at radius 1 is 1.37 bits per heavy atom. The Morgan fingerprint density at radius 2 is 2.21 bits per heavy atom. The van der Waals surface area contributed by atoms with Crippen LogP contribution in [0.25, 0.3) is 0 Å². The maximum atomic E-state index is 4.41. The molecule has 0 aromatic carbocycles. The van der Waals surface area contributed by atoms with Crippen LogP contribution in [-0.4, -0.2) is 21.3 Å². The van der Waals surface area contributed by atoms with Crippen molar-refractivity contribution >= 4 is 11.3 Å². The van der Waals surface area contributed by atoms with Crippen molar-refractivity contribution in [1.29, 1.82) is 0 Å². The molecule has 1 unspecified atom stereocenters. The molecule has 0 aliphatic heterocycles. The second-order valence-electron chi connectivity index (χ2n) is 4.66. The monoisotopic (exact) mass is 278 g/mol. The van der Waals surface area contributed by atoms with Crippen LogP contribution >= 0.6 is 11.3 Å². The summed E-state index contributed by atoms with van der Waals surface area (Å²) in [5, 5.41) is 7.85. The molecule has 2 heterocycles. The summed E-state index contributed by atoms with van der Waals surface area (Å²) in [5.74, 6) is 1.07. The smallest absolute Gasteiger partial charge is 0.138 e. The molecular formula is C14H22N4S. The molecule has 0 saturated heterocycles. The number of hydrogen-bond donors (Lipinski definition) is 1. The van der Waals surface area contributed by atoms with E-state index in [1.165, 1.54) is 9.75 Å². The van der Waals surface area contributed by atoms with Crippen molar-refractivity contribution in [2.45, 2.75) is 46.2 Å². The molecule has 4 nitrogen and oxygen atoms in total. The zero-order valence-corrected chi connectivity index (χ0v) is 12.7. The highest BCUT2D eigenvalue weighted by Gasteiger charge is 2.16. The van der Waals surface area contributed by atoms with Crippen LogP contribution in [0.2, 0.25) is 0 Å². The lowest BCUT2D eigenvalue weighted by Gasteiger charge is -2.16. The van der Waals surface area contributed by atoms with Gasteiger partial charge >= 0.3 is 0 Å². The van der Waals surface area contributed by atoms with E-state index in [2.05, 4.69) is 48.3 Å². The van der Waals surface area contributed by atoms with Crippen LogP contribution in [0.4, 0.5) is 0 Å². The Morgan fingerprint density at radius 3 is 2.84 bits per heavy atom. The highest BCUT2D eigenvalue weighted by molar-refractivity contribution is 7.12. The molecule has 0 fully saturated rings. The zero-order chi connectivity index (χ0) is 13.7. The topological polar surface area (TPSA) is 42.7 Å². The first-order chi connectivity index (χ1) is 9.24. The molecule has 0 aliphatic carbocycles. The molecule has 0 saturated carbocycles. The van der Waals surface area contributed by atoms with E-state index in [0.29, 0.717) is 6.04 Å². The minimum Gasteiger partial charge on any atom is -0.309 e. The van der Waals surface area contributed by atoms with E-state index >= 15 is 0 Å². The third-order valence-electron chi connectivity index (χ3n) is 3.07. The molecule has 5 heteroatoms. The molecule has 2 aromatic rings. The molecule has 1 atom stereocenters. The van der Waals surface area contributed by atoms with Gasteiger partial charge in [0.1, 0.15) is 12.2 Å². The van der Waals surface area contributed by atoms with E-state index in [-0.39, 0.29) is 0 Å². The summed E-state index contributed by atoms with van der Waals surface area (Å²) in [6, 6.07) is 4.73. The summed E-state index contributed by atoms with van der Waals surface area (Å²) in [5.41, 5.74) is 0. The minimum absolute atomic E-state index is 0.337. The Hall–Kier alpha value is -1.20. The Labute approximate surface area is 118 Å². The average Bonchev–Trinajstić information content (AvgIpc) is 2.99. The van der Waals surface area contributed by atoms with Gasteiger partial charge in [-0.05, 0) is 32.0 Å². The molecule has 0 bridgehead atoms. The molecule has 0 amide bonds. The summed E-state index contributed by atoms with van der Waals surface area (Å²) >= 11 is 1.86. The SMILES string of the molecule is CCCn1ncnc1CC(NCC)c1ccc(C)s1. The number of nitrogens with one attached hydrogen (secondary N) is 1. The first-order valence-corrected chi connectivity index (χ1v) is 7.72. The van der Waals surface area contributed by atoms with Gasteiger partial charge in [0.2, 0.25) is 0 Å². The number of rotatable bonds is 7. The van der Waals surface area contributed by atoms with E-state index in [4.69, 9.17) is 0 Å². The maximum absolute atomic E-state index is 4.41. The van der Waals surface area contributed by atoms with Crippen molar-refractivity contribution in [1.82, 2.24) is 20.1 Å². The molecule has 0 aliphatic rings. The lowest BCUT2D eigenvalue weighted by molar-refractivity contribution is 0.503. The van der Waals surface area contributed by atoms with Crippen LogP contribution in [-0.2, 0) is 13.0 Å². The third kappa shape index (κ3) is 3.64. The largest absolute Gasteiger partial charge is 0.309 e. The van der Waals surface area contributed by atoms with Crippen molar-refractivity contribution in [2.75, 3.05) is 6.54 Å². The predicted molar refractivity (Wildman–Crippen MR) is 79.5 cm³/mol. The molecule has 2 aromatic heterocycles. The van der Waals surface area contributed by atoms with Gasteiger partial charge in [0.15, 0.2) is 0 Å². The van der Waals surface area contributed by atoms with Gasteiger partial charge in [0.05, 0.1) is 0 Å². The van der Waals surface area contributed by atoms with Crippen LogP contribution < -0.4 is 5.32 Å². The highest BCUT2D eigenvalue weighted by Crippen LogP contribution is 2.25. The van der Waals surface area contributed by atoms with Crippen molar-refractivity contribution in [3.05, 3.63) is 34.0 Å². The summed E-state index contributed by atoms with van der Waals surface area (Å²) in [7, 11) is 0. The van der Waals surface area contributed by atoms with E-state index in [1.807, 2.05) is 16.0 Å². The number of thiophene rings is 1. The van der Waals surface area contributed by atoms with E-state index in [9.17, 15) is 0 Å². The van der Waals surface area contributed by atoms with Gasteiger partial charge in [-0.25, -0.2) is 4.98 Å². The lowest BCUT2D eigenvalue weighted by Crippen LogP contribution is -2.23. The highest BCUT2D eigenvalue weighted by atomic mass is 32.1. The normalized spacial score (nSPS) is 12.8. The standard InChI is InChI=1S/C14H22N4S/c1-4-8-18-14(16-10-17-18)9-12(15-5-2)13-7-6-11(3)19-13/h6-7,10,12,15H,4-5,8-9H2,1-3H3. The van der Waals surface area contributed by atoms with Gasteiger partial charge < -0.3 is 5.32 Å². The summed E-state index contributed by atoms with van der Waals surface area (Å²) < 4.78 is 2.02. The summed E-state index contributed by atoms with van der Waals surface area (Å²) in [4.78, 5) is 7.14. The third-order valence-corrected chi connectivity index (χ3v) is 4.19. The fourth-order valence-electron chi connectivity index (χ4n) is 2.19. The summed E-state index contributed by atoms with van der Waals surface area (Å²) in [6.45, 7) is 8.36. The first-order valence-electron chi connectivity index (χ1n) is 6.91. The van der Waals surface area contributed by atoms with Gasteiger partial charge in [-0.15, -0.1) is 11.3 Å². The van der Waals surface area contributed by atoms with Gasteiger partial charge in [-0.1, -0.05) is 13.8 Å². The second kappa shape index (κ2) is 6.82. The number of hydrogen-bond acceptors (Lipinski definition) is 4. The number of aromatic nitrogens is 3. The fourth-order valence-corrected chi connectivity index (χ4v) is 3.14. The second-order valence-corrected chi connectivity index (χ2v) is 5.98. The molecule has 0 radical (unpaired) electrons. The van der Waals surface area contributed by atoms with Gasteiger partial charge in [-0.2, -0.15) is 5.10 Å². The van der Waals surface area contributed by atoms with Crippen LogP contribution in [0.5, 0.6) is 0 Å². The molecule has 19 heavy (non-hydrogen) atoms. The fraction of sp³-hybridized carbons (Fsp3) is 0.571. The Balaban J connectivity index is 2.14. The molecular weight excluding hydrogens is 256 g/mol. The number of likely N-dealkylation sites (N-methyl/N-ethyl adjacent to an activating group) is 1. The number of aryl methyl sites for hydroxylation is 2. The van der Waals surface area contributed by atoms with Crippen LogP contribution in [0.3, 0.4) is 0 Å². The quantitative estimate of drug-likeness (QED) is 0.846. The Bertz CT molecular complexity index is 503. The predicted octanol–water partition coefficient (Wildman–Crippen LogP) is 2.95. The molecule has 104 valence electrons. The number of nitrogens with zero attached hydrogens (tertiary/aromatic N) is 3. The Kier molecular flexibility index (Phi) is 5.10. The zero-order valence-electron chi connectivity index (χ0n) is 11.9. The van der Waals surface area contributed by atoms with Crippen LogP contribution in [0, 0.1) is 6.92 Å². The van der Waals surface area contributed by atoms with Crippen molar-refractivity contribution in [3.8, 4) is 0 Å². The van der Waals surface area contributed by atoms with Gasteiger partial charge in [-0.3, -0.25) is 4.68 Å². The molecule has 2 rings (SSSR count). The maximum Gasteiger partial charge on any atom is 0.138 e. The summed E-state index contributed by atoms with van der Waals surface area (Å²) in [6.07, 6.45) is 3.64. The van der Waals surface area contributed by atoms with Crippen molar-refractivity contribution in [2.24, 2.45) is 0 Å². The van der Waals surface area contributed by atoms with Crippen molar-refractivity contribution in [3.63, 3.8) is 0 Å². The van der Waals surface area contributed by atoms with E-state index in [0.717, 1.165) is 31.8 Å². The van der Waals surface area contributed by atoms with E-state index in [1.54, 1.807) is 6.33 Å². The molecule has 1 N–H and O–H groups in total.